The number of amides is 1. The highest BCUT2D eigenvalue weighted by Crippen LogP contribution is 2.44. The van der Waals surface area contributed by atoms with Crippen molar-refractivity contribution in [2.75, 3.05) is 34.8 Å². The summed E-state index contributed by atoms with van der Waals surface area (Å²) in [6.07, 6.45) is -3.00. The van der Waals surface area contributed by atoms with Crippen LogP contribution in [0.1, 0.15) is 35.7 Å². The van der Waals surface area contributed by atoms with Gasteiger partial charge in [-0.2, -0.15) is 33.7 Å². The largest absolute Gasteiger partial charge is 0.461 e. The number of carbonyl (C=O) groups is 1. The van der Waals surface area contributed by atoms with E-state index in [9.17, 15) is 35.2 Å². The molecular formula is C19H23F5N6O4S2. The molecule has 1 aliphatic heterocycles. The first-order valence-corrected chi connectivity index (χ1v) is 13.5. The summed E-state index contributed by atoms with van der Waals surface area (Å²) >= 11 is 1.49. The van der Waals surface area contributed by atoms with Crippen molar-refractivity contribution in [1.29, 1.82) is 0 Å². The van der Waals surface area contributed by atoms with Gasteiger partial charge in [0.2, 0.25) is 0 Å². The predicted octanol–water partition coefficient (Wildman–Crippen LogP) is 3.05. The Hall–Kier alpha value is -2.66. The third kappa shape index (κ3) is 5.51. The number of rotatable bonds is 9. The van der Waals surface area contributed by atoms with E-state index in [4.69, 9.17) is 4.84 Å². The van der Waals surface area contributed by atoms with Gasteiger partial charge >= 0.3 is 12.1 Å². The molecule has 2 aromatic rings. The van der Waals surface area contributed by atoms with E-state index in [1.165, 1.54) is 23.7 Å². The van der Waals surface area contributed by atoms with Crippen LogP contribution in [0.2, 0.25) is 0 Å². The van der Waals surface area contributed by atoms with Gasteiger partial charge in [-0.3, -0.25) is 20.1 Å². The number of imidazole rings is 1. The first-order chi connectivity index (χ1) is 16.7. The average molecular weight is 559 g/mol. The molecule has 17 heteroatoms. The molecule has 1 atom stereocenters. The second kappa shape index (κ2) is 10.4. The first kappa shape index (κ1) is 27.9. The Morgan fingerprint density at radius 1 is 1.33 bits per heavy atom. The lowest BCUT2D eigenvalue weighted by Gasteiger charge is -2.35. The maximum atomic E-state index is 13.8. The summed E-state index contributed by atoms with van der Waals surface area (Å²) in [6, 6.07) is 0.435. The smallest absolute Gasteiger partial charge is 0.339 e. The van der Waals surface area contributed by atoms with Crippen molar-refractivity contribution in [3.8, 4) is 0 Å². The number of anilines is 2. The molecule has 36 heavy (non-hydrogen) atoms. The van der Waals surface area contributed by atoms with Crippen molar-refractivity contribution in [2.24, 2.45) is 0 Å². The zero-order valence-electron chi connectivity index (χ0n) is 19.2. The number of hydroxylamine groups is 1. The molecule has 0 bridgehead atoms. The van der Waals surface area contributed by atoms with Gasteiger partial charge in [0.25, 0.3) is 5.91 Å². The number of nitrogens with one attached hydrogen (secondary N) is 3. The lowest BCUT2D eigenvalue weighted by molar-refractivity contribution is -0.292. The van der Waals surface area contributed by atoms with Crippen LogP contribution in [-0.2, 0) is 27.0 Å². The van der Waals surface area contributed by atoms with Crippen molar-refractivity contribution >= 4 is 39.1 Å². The molecule has 3 rings (SSSR count). The standard InChI is InChI=1S/C19H23F5N6O4S2/c1-4-36(32,33)13-8-11(16(31)29-34-5-6-35-3)9-25-15(13)30-10(2)7-12-14(28-30)27-17(26-12)18(20,21)19(22,23)24/h8-10,28H,4-7H2,1-3H3,(H,26,27)(H,29,31). The van der Waals surface area contributed by atoms with Crippen LogP contribution in [-0.4, -0.2) is 65.9 Å². The number of aromatic amines is 1. The minimum atomic E-state index is -5.86. The highest BCUT2D eigenvalue weighted by molar-refractivity contribution is 7.98. The van der Waals surface area contributed by atoms with E-state index in [0.717, 1.165) is 12.3 Å². The molecule has 0 radical (unpaired) electrons. The molecule has 0 fully saturated rings. The number of hydrogen-bond donors (Lipinski definition) is 3. The Bertz CT molecular complexity index is 1220. The quantitative estimate of drug-likeness (QED) is 0.242. The van der Waals surface area contributed by atoms with Gasteiger partial charge in [0.05, 0.1) is 29.7 Å². The molecule has 1 amide bonds. The van der Waals surface area contributed by atoms with Crippen molar-refractivity contribution in [1.82, 2.24) is 20.4 Å². The molecule has 2 aromatic heterocycles. The minimum absolute atomic E-state index is 0.0176. The van der Waals surface area contributed by atoms with Crippen molar-refractivity contribution < 1.29 is 40.0 Å². The third-order valence-electron chi connectivity index (χ3n) is 5.19. The number of H-pyrrole nitrogens is 1. The van der Waals surface area contributed by atoms with E-state index in [1.807, 2.05) is 11.2 Å². The molecule has 3 heterocycles. The number of hydrogen-bond acceptors (Lipinski definition) is 9. The summed E-state index contributed by atoms with van der Waals surface area (Å²) < 4.78 is 91.6. The van der Waals surface area contributed by atoms with Gasteiger partial charge in [-0.1, -0.05) is 6.92 Å². The van der Waals surface area contributed by atoms with Crippen LogP contribution in [0.25, 0.3) is 0 Å². The number of nitrogens with zero attached hydrogens (tertiary/aromatic N) is 3. The van der Waals surface area contributed by atoms with E-state index < -0.39 is 39.7 Å². The number of carbonyl (C=O) groups excluding carboxylic acids is 1. The number of alkyl halides is 5. The monoisotopic (exact) mass is 558 g/mol. The second-order valence-corrected chi connectivity index (χ2v) is 11.0. The van der Waals surface area contributed by atoms with Gasteiger partial charge in [-0.05, 0) is 19.2 Å². The number of thioether (sulfide) groups is 1. The summed E-state index contributed by atoms with van der Waals surface area (Å²) in [5.41, 5.74) is 4.63. The summed E-state index contributed by atoms with van der Waals surface area (Å²) in [5.74, 6) is -7.81. The van der Waals surface area contributed by atoms with Crippen LogP contribution in [0.15, 0.2) is 17.2 Å². The predicted molar refractivity (Wildman–Crippen MR) is 122 cm³/mol. The zero-order chi connectivity index (χ0) is 26.9. The van der Waals surface area contributed by atoms with Crippen molar-refractivity contribution in [3.63, 3.8) is 0 Å². The normalized spacial score (nSPS) is 16.4. The van der Waals surface area contributed by atoms with Gasteiger partial charge in [-0.25, -0.2) is 23.9 Å². The van der Waals surface area contributed by atoms with Gasteiger partial charge in [0.1, 0.15) is 4.90 Å². The lowest BCUT2D eigenvalue weighted by Crippen LogP contribution is -2.44. The van der Waals surface area contributed by atoms with Gasteiger partial charge < -0.3 is 4.98 Å². The SMILES string of the molecule is CCS(=O)(=O)c1cc(C(=O)NOCCSC)cnc1N1Nc2nc(C(F)(F)C(F)(F)F)[nH]c2CC1C. The zero-order valence-corrected chi connectivity index (χ0v) is 20.9. The number of pyridine rings is 1. The van der Waals surface area contributed by atoms with Crippen LogP contribution in [0.5, 0.6) is 0 Å². The number of hydrazine groups is 1. The van der Waals surface area contributed by atoms with E-state index in [-0.39, 0.29) is 46.6 Å². The molecule has 10 nitrogen and oxygen atoms in total. The van der Waals surface area contributed by atoms with Gasteiger partial charge in [0, 0.05) is 18.4 Å². The maximum absolute atomic E-state index is 13.8. The number of fused-ring (bicyclic) bond motifs is 1. The first-order valence-electron chi connectivity index (χ1n) is 10.5. The van der Waals surface area contributed by atoms with Gasteiger partial charge in [0.15, 0.2) is 27.3 Å². The van der Waals surface area contributed by atoms with Crippen molar-refractivity contribution in [2.45, 2.75) is 43.3 Å². The average Bonchev–Trinajstić information content (AvgIpc) is 3.23. The number of halogens is 5. The van der Waals surface area contributed by atoms with Crippen LogP contribution >= 0.6 is 11.8 Å². The Morgan fingerprint density at radius 3 is 2.64 bits per heavy atom. The highest BCUT2D eigenvalue weighted by Gasteiger charge is 2.61. The summed E-state index contributed by atoms with van der Waals surface area (Å²) in [6.45, 7) is 3.17. The number of sulfone groups is 1. The Labute approximate surface area is 207 Å². The molecule has 1 unspecified atom stereocenters. The van der Waals surface area contributed by atoms with E-state index in [2.05, 4.69) is 20.9 Å². The van der Waals surface area contributed by atoms with Crippen LogP contribution < -0.4 is 15.9 Å². The summed E-state index contributed by atoms with van der Waals surface area (Å²) in [4.78, 5) is 26.5. The lowest BCUT2D eigenvalue weighted by atomic mass is 10.1. The Morgan fingerprint density at radius 2 is 2.03 bits per heavy atom. The van der Waals surface area contributed by atoms with Crippen LogP contribution in [0.4, 0.5) is 33.6 Å². The fraction of sp³-hybridized carbons (Fsp3) is 0.526. The molecule has 3 N–H and O–H groups in total. The Balaban J connectivity index is 1.96. The minimum Gasteiger partial charge on any atom is -0.339 e. The number of aromatic nitrogens is 3. The molecule has 0 aromatic carbocycles. The molecule has 0 spiro atoms. The maximum Gasteiger partial charge on any atom is 0.461 e. The molecule has 0 saturated heterocycles. The molecule has 0 aliphatic carbocycles. The van der Waals surface area contributed by atoms with E-state index in [1.54, 1.807) is 6.92 Å². The molecule has 200 valence electrons. The van der Waals surface area contributed by atoms with Crippen LogP contribution in [0.3, 0.4) is 0 Å². The molecular weight excluding hydrogens is 535 g/mol. The van der Waals surface area contributed by atoms with Crippen molar-refractivity contribution in [3.05, 3.63) is 29.3 Å². The molecule has 0 saturated carbocycles. The topological polar surface area (TPSA) is 129 Å². The highest BCUT2D eigenvalue weighted by atomic mass is 32.2. The van der Waals surface area contributed by atoms with Crippen LogP contribution in [0, 0.1) is 0 Å². The van der Waals surface area contributed by atoms with E-state index >= 15 is 0 Å². The fourth-order valence-corrected chi connectivity index (χ4v) is 4.53. The second-order valence-electron chi connectivity index (χ2n) is 7.74. The molecule has 1 aliphatic rings. The summed E-state index contributed by atoms with van der Waals surface area (Å²) in [7, 11) is -3.97. The third-order valence-corrected chi connectivity index (χ3v) is 7.50. The Kier molecular flexibility index (Phi) is 8.04. The summed E-state index contributed by atoms with van der Waals surface area (Å²) in [5, 5.41) is 1.19. The van der Waals surface area contributed by atoms with Gasteiger partial charge in [-0.15, -0.1) is 0 Å². The van der Waals surface area contributed by atoms with E-state index in [0.29, 0.717) is 5.75 Å². The fourth-order valence-electron chi connectivity index (χ4n) is 3.23.